The minimum absolute atomic E-state index is 0.0120. The van der Waals surface area contributed by atoms with Crippen molar-refractivity contribution >= 4 is 17.5 Å². The van der Waals surface area contributed by atoms with E-state index in [2.05, 4.69) is 5.32 Å². The van der Waals surface area contributed by atoms with Crippen molar-refractivity contribution in [3.63, 3.8) is 0 Å². The van der Waals surface area contributed by atoms with Crippen LogP contribution in [0.5, 0.6) is 0 Å². The summed E-state index contributed by atoms with van der Waals surface area (Å²) < 4.78 is 0. The predicted octanol–water partition coefficient (Wildman–Crippen LogP) is 0.851. The highest BCUT2D eigenvalue weighted by molar-refractivity contribution is 5.94. The summed E-state index contributed by atoms with van der Waals surface area (Å²) in [5.74, 6) is -0.575. The lowest BCUT2D eigenvalue weighted by Gasteiger charge is -2.07. The van der Waals surface area contributed by atoms with Gasteiger partial charge in [0.05, 0.1) is 0 Å². The van der Waals surface area contributed by atoms with E-state index in [1.54, 1.807) is 24.3 Å². The lowest BCUT2D eigenvalue weighted by Crippen LogP contribution is -2.19. The van der Waals surface area contributed by atoms with Gasteiger partial charge in [-0.15, -0.1) is 0 Å². The molecule has 0 aromatic heterocycles. The number of nitrogens with one attached hydrogen (secondary N) is 1. The molecule has 1 rings (SSSR count). The van der Waals surface area contributed by atoms with Gasteiger partial charge in [0.25, 0.3) is 0 Å². The molecule has 5 heteroatoms. The van der Waals surface area contributed by atoms with Crippen molar-refractivity contribution in [1.82, 2.24) is 0 Å². The fourth-order valence-electron chi connectivity index (χ4n) is 1.30. The van der Waals surface area contributed by atoms with Gasteiger partial charge in [0.1, 0.15) is 0 Å². The molecule has 1 aromatic carbocycles. The molecule has 17 heavy (non-hydrogen) atoms. The maximum absolute atomic E-state index is 11.5. The van der Waals surface area contributed by atoms with Gasteiger partial charge in [0.2, 0.25) is 11.8 Å². The average Bonchev–Trinajstić information content (AvgIpc) is 2.27. The van der Waals surface area contributed by atoms with E-state index in [1.807, 2.05) is 6.92 Å². The van der Waals surface area contributed by atoms with Crippen LogP contribution < -0.4 is 16.8 Å². The van der Waals surface area contributed by atoms with E-state index in [0.29, 0.717) is 24.1 Å². The van der Waals surface area contributed by atoms with Crippen LogP contribution in [-0.4, -0.2) is 17.9 Å². The second-order valence-electron chi connectivity index (χ2n) is 4.01. The quantitative estimate of drug-likeness (QED) is 0.705. The zero-order chi connectivity index (χ0) is 12.8. The van der Waals surface area contributed by atoms with Gasteiger partial charge in [0.15, 0.2) is 0 Å². The summed E-state index contributed by atoms with van der Waals surface area (Å²) in [6.45, 7) is 1.86. The van der Waals surface area contributed by atoms with Crippen LogP contribution in [-0.2, 0) is 4.79 Å². The van der Waals surface area contributed by atoms with Crippen LogP contribution in [0.4, 0.5) is 5.69 Å². The Hall–Kier alpha value is -1.88. The molecule has 0 heterocycles. The van der Waals surface area contributed by atoms with Crippen LogP contribution in [0.2, 0.25) is 0 Å². The number of primary amides is 1. The summed E-state index contributed by atoms with van der Waals surface area (Å²) in [5, 5.41) is 2.72. The Balaban J connectivity index is 2.51. The molecule has 0 saturated heterocycles. The van der Waals surface area contributed by atoms with Crippen molar-refractivity contribution in [3.05, 3.63) is 29.8 Å². The first kappa shape index (κ1) is 13.2. The number of carbonyl (C=O) groups excluding carboxylic acids is 2. The number of hydrogen-bond acceptors (Lipinski definition) is 3. The van der Waals surface area contributed by atoms with E-state index >= 15 is 0 Å². The molecule has 0 aliphatic heterocycles. The topological polar surface area (TPSA) is 98.2 Å². The molecule has 5 nitrogen and oxygen atoms in total. The van der Waals surface area contributed by atoms with Crippen molar-refractivity contribution in [1.29, 1.82) is 0 Å². The highest BCUT2D eigenvalue weighted by atomic mass is 16.1. The zero-order valence-electron chi connectivity index (χ0n) is 9.77. The summed E-state index contributed by atoms with van der Waals surface area (Å²) >= 11 is 0. The monoisotopic (exact) mass is 235 g/mol. The average molecular weight is 235 g/mol. The molecule has 0 aliphatic rings. The molecule has 0 spiro atoms. The lowest BCUT2D eigenvalue weighted by atomic mass is 10.1. The van der Waals surface area contributed by atoms with Crippen LogP contribution in [0, 0.1) is 0 Å². The van der Waals surface area contributed by atoms with Crippen LogP contribution >= 0.6 is 0 Å². The number of anilines is 1. The SMILES string of the molecule is CC(N)CCC(=O)Nc1ccc(C(N)=O)cc1. The van der Waals surface area contributed by atoms with Crippen LogP contribution in [0.25, 0.3) is 0 Å². The van der Waals surface area contributed by atoms with E-state index < -0.39 is 5.91 Å². The van der Waals surface area contributed by atoms with Crippen LogP contribution in [0.15, 0.2) is 24.3 Å². The molecule has 5 N–H and O–H groups in total. The highest BCUT2D eigenvalue weighted by Gasteiger charge is 2.05. The minimum atomic E-state index is -0.486. The first-order valence-electron chi connectivity index (χ1n) is 5.44. The third-order valence-electron chi connectivity index (χ3n) is 2.28. The van der Waals surface area contributed by atoms with Crippen molar-refractivity contribution in [2.24, 2.45) is 11.5 Å². The van der Waals surface area contributed by atoms with Gasteiger partial charge < -0.3 is 16.8 Å². The second kappa shape index (κ2) is 6.00. The van der Waals surface area contributed by atoms with Gasteiger partial charge in [-0.1, -0.05) is 0 Å². The Kier molecular flexibility index (Phi) is 4.66. The summed E-state index contributed by atoms with van der Waals surface area (Å²) in [5.41, 5.74) is 11.7. The molecule has 0 bridgehead atoms. The van der Waals surface area contributed by atoms with Gasteiger partial charge >= 0.3 is 0 Å². The lowest BCUT2D eigenvalue weighted by molar-refractivity contribution is -0.116. The molecule has 1 aromatic rings. The number of amides is 2. The molecule has 92 valence electrons. The van der Waals surface area contributed by atoms with Gasteiger partial charge in [-0.25, -0.2) is 0 Å². The Morgan fingerprint density at radius 3 is 2.35 bits per heavy atom. The summed E-state index contributed by atoms with van der Waals surface area (Å²) in [4.78, 5) is 22.3. The number of carbonyl (C=O) groups is 2. The maximum atomic E-state index is 11.5. The molecule has 2 amide bonds. The van der Waals surface area contributed by atoms with E-state index in [-0.39, 0.29) is 11.9 Å². The largest absolute Gasteiger partial charge is 0.366 e. The van der Waals surface area contributed by atoms with E-state index in [1.165, 1.54) is 0 Å². The third kappa shape index (κ3) is 4.65. The van der Waals surface area contributed by atoms with Gasteiger partial charge in [-0.3, -0.25) is 9.59 Å². The molecule has 0 radical (unpaired) electrons. The number of hydrogen-bond donors (Lipinski definition) is 3. The highest BCUT2D eigenvalue weighted by Crippen LogP contribution is 2.10. The summed E-state index contributed by atoms with van der Waals surface area (Å²) in [6.07, 6.45) is 1.03. The maximum Gasteiger partial charge on any atom is 0.248 e. The Morgan fingerprint density at radius 1 is 1.29 bits per heavy atom. The second-order valence-corrected chi connectivity index (χ2v) is 4.01. The van der Waals surface area contributed by atoms with E-state index in [0.717, 1.165) is 0 Å². The molecule has 0 saturated carbocycles. The molecular formula is C12H17N3O2. The number of benzene rings is 1. The van der Waals surface area contributed by atoms with E-state index in [4.69, 9.17) is 11.5 Å². The van der Waals surface area contributed by atoms with Gasteiger partial charge in [0, 0.05) is 23.7 Å². The smallest absolute Gasteiger partial charge is 0.248 e. The molecule has 1 atom stereocenters. The van der Waals surface area contributed by atoms with Crippen LogP contribution in [0.1, 0.15) is 30.1 Å². The van der Waals surface area contributed by atoms with E-state index in [9.17, 15) is 9.59 Å². The number of nitrogens with two attached hydrogens (primary N) is 2. The number of rotatable bonds is 5. The fourth-order valence-corrected chi connectivity index (χ4v) is 1.30. The van der Waals surface area contributed by atoms with Crippen LogP contribution in [0.3, 0.4) is 0 Å². The fraction of sp³-hybridized carbons (Fsp3) is 0.333. The summed E-state index contributed by atoms with van der Waals surface area (Å²) in [6, 6.07) is 6.44. The standard InChI is InChI=1S/C12H17N3O2/c1-8(13)2-7-11(16)15-10-5-3-9(4-6-10)12(14)17/h3-6,8H,2,7,13H2,1H3,(H2,14,17)(H,15,16). The van der Waals surface area contributed by atoms with Crippen molar-refractivity contribution < 1.29 is 9.59 Å². The minimum Gasteiger partial charge on any atom is -0.366 e. The molecular weight excluding hydrogens is 218 g/mol. The molecule has 1 unspecified atom stereocenters. The van der Waals surface area contributed by atoms with Crippen molar-refractivity contribution in [2.75, 3.05) is 5.32 Å². The first-order valence-corrected chi connectivity index (χ1v) is 5.44. The molecule has 0 aliphatic carbocycles. The summed E-state index contributed by atoms with van der Waals surface area (Å²) in [7, 11) is 0. The van der Waals surface area contributed by atoms with Crippen molar-refractivity contribution in [3.8, 4) is 0 Å². The van der Waals surface area contributed by atoms with Gasteiger partial charge in [-0.2, -0.15) is 0 Å². The van der Waals surface area contributed by atoms with Gasteiger partial charge in [-0.05, 0) is 37.6 Å². The zero-order valence-corrected chi connectivity index (χ0v) is 9.77. The Morgan fingerprint density at radius 2 is 1.88 bits per heavy atom. The first-order chi connectivity index (χ1) is 7.99. The normalized spacial score (nSPS) is 11.9. The Labute approximate surface area is 100 Å². The third-order valence-corrected chi connectivity index (χ3v) is 2.28. The predicted molar refractivity (Wildman–Crippen MR) is 66.5 cm³/mol. The Bertz CT molecular complexity index is 399. The van der Waals surface area contributed by atoms with Crippen molar-refractivity contribution in [2.45, 2.75) is 25.8 Å². The molecule has 0 fully saturated rings.